The van der Waals surface area contributed by atoms with Crippen LogP contribution in [0.1, 0.15) is 12.8 Å². The number of nitrogens with zero attached hydrogens (tertiary/aromatic N) is 1. The number of sulfone groups is 1. The molecule has 1 aromatic rings. The minimum Gasteiger partial charge on any atom is -0.395 e. The summed E-state index contributed by atoms with van der Waals surface area (Å²) >= 11 is 0. The lowest BCUT2D eigenvalue weighted by molar-refractivity contribution is 0.301. The van der Waals surface area contributed by atoms with Crippen molar-refractivity contribution in [2.45, 2.75) is 23.8 Å². The maximum absolute atomic E-state index is 11.7. The second kappa shape index (κ2) is 4.66. The molecule has 0 saturated heterocycles. The number of hydrogen-bond acceptors (Lipinski definition) is 4. The molecule has 0 bridgehead atoms. The van der Waals surface area contributed by atoms with E-state index in [1.54, 1.807) is 12.1 Å². The first kappa shape index (κ1) is 12.4. The first-order valence-corrected chi connectivity index (χ1v) is 7.60. The van der Waals surface area contributed by atoms with E-state index in [1.807, 2.05) is 17.0 Å². The van der Waals surface area contributed by atoms with Gasteiger partial charge in [0.25, 0.3) is 0 Å². The molecular formula is C12H17NO3S. The normalized spacial score (nSPS) is 15.9. The number of hydrogen-bond donors (Lipinski definition) is 1. The average molecular weight is 255 g/mol. The molecule has 5 heteroatoms. The van der Waals surface area contributed by atoms with Gasteiger partial charge in [-0.15, -0.1) is 0 Å². The van der Waals surface area contributed by atoms with Gasteiger partial charge in [0.1, 0.15) is 0 Å². The van der Waals surface area contributed by atoms with Crippen LogP contribution in [0.4, 0.5) is 5.69 Å². The Morgan fingerprint density at radius 1 is 1.35 bits per heavy atom. The van der Waals surface area contributed by atoms with Crippen LogP contribution in [0, 0.1) is 0 Å². The number of anilines is 1. The third-order valence-corrected chi connectivity index (χ3v) is 4.05. The van der Waals surface area contributed by atoms with Crippen molar-refractivity contribution in [3.05, 3.63) is 24.3 Å². The van der Waals surface area contributed by atoms with Crippen LogP contribution in [-0.2, 0) is 9.84 Å². The second-order valence-corrected chi connectivity index (χ2v) is 6.37. The zero-order valence-corrected chi connectivity index (χ0v) is 10.7. The number of aliphatic hydroxyl groups is 1. The van der Waals surface area contributed by atoms with E-state index in [0.29, 0.717) is 23.2 Å². The van der Waals surface area contributed by atoms with Crippen molar-refractivity contribution in [3.63, 3.8) is 0 Å². The zero-order chi connectivity index (χ0) is 12.5. The van der Waals surface area contributed by atoms with Crippen molar-refractivity contribution in [3.8, 4) is 0 Å². The van der Waals surface area contributed by atoms with Crippen molar-refractivity contribution >= 4 is 15.5 Å². The molecule has 1 saturated carbocycles. The number of aliphatic hydroxyl groups excluding tert-OH is 1. The average Bonchev–Trinajstić information content (AvgIpc) is 3.08. The molecule has 0 aliphatic heterocycles. The number of rotatable bonds is 5. The van der Waals surface area contributed by atoms with Gasteiger partial charge < -0.3 is 10.0 Å². The summed E-state index contributed by atoms with van der Waals surface area (Å²) in [6, 6.07) is 7.37. The Labute approximate surface area is 102 Å². The SMILES string of the molecule is CS(=O)(=O)c1ccccc1N(CCO)C1CC1. The highest BCUT2D eigenvalue weighted by Crippen LogP contribution is 2.34. The second-order valence-electron chi connectivity index (χ2n) is 4.39. The van der Waals surface area contributed by atoms with Crippen molar-refractivity contribution in [2.75, 3.05) is 24.3 Å². The van der Waals surface area contributed by atoms with Gasteiger partial charge in [-0.1, -0.05) is 12.1 Å². The summed E-state index contributed by atoms with van der Waals surface area (Å²) in [5.74, 6) is 0. The van der Waals surface area contributed by atoms with Crippen LogP contribution in [0.3, 0.4) is 0 Å². The summed E-state index contributed by atoms with van der Waals surface area (Å²) in [6.07, 6.45) is 3.35. The highest BCUT2D eigenvalue weighted by molar-refractivity contribution is 7.90. The third kappa shape index (κ3) is 2.79. The van der Waals surface area contributed by atoms with E-state index in [-0.39, 0.29) is 6.61 Å². The quantitative estimate of drug-likeness (QED) is 0.854. The van der Waals surface area contributed by atoms with Gasteiger partial charge in [0.05, 0.1) is 17.2 Å². The summed E-state index contributed by atoms with van der Waals surface area (Å²) in [5.41, 5.74) is 0.714. The Kier molecular flexibility index (Phi) is 3.40. The lowest BCUT2D eigenvalue weighted by Gasteiger charge is -2.25. The fourth-order valence-electron chi connectivity index (χ4n) is 2.00. The van der Waals surface area contributed by atoms with Crippen LogP contribution in [0.5, 0.6) is 0 Å². The van der Waals surface area contributed by atoms with Crippen LogP contribution in [-0.4, -0.2) is 39.0 Å². The molecule has 0 aromatic heterocycles. The van der Waals surface area contributed by atoms with Crippen LogP contribution >= 0.6 is 0 Å². The molecule has 17 heavy (non-hydrogen) atoms. The Balaban J connectivity index is 2.42. The first-order valence-electron chi connectivity index (χ1n) is 5.70. The number of para-hydroxylation sites is 1. The molecular weight excluding hydrogens is 238 g/mol. The van der Waals surface area contributed by atoms with Gasteiger partial charge in [-0.25, -0.2) is 8.42 Å². The molecule has 0 amide bonds. The fourth-order valence-corrected chi connectivity index (χ4v) is 2.89. The Hall–Kier alpha value is -1.07. The van der Waals surface area contributed by atoms with E-state index < -0.39 is 9.84 Å². The van der Waals surface area contributed by atoms with Crippen LogP contribution < -0.4 is 4.90 Å². The summed E-state index contributed by atoms with van der Waals surface area (Å²) in [7, 11) is -3.23. The summed E-state index contributed by atoms with van der Waals surface area (Å²) in [5, 5.41) is 9.08. The van der Waals surface area contributed by atoms with Crippen molar-refractivity contribution in [1.82, 2.24) is 0 Å². The predicted molar refractivity (Wildman–Crippen MR) is 67.0 cm³/mol. The smallest absolute Gasteiger partial charge is 0.177 e. The van der Waals surface area contributed by atoms with E-state index in [1.165, 1.54) is 6.26 Å². The Bertz CT molecular complexity index is 494. The highest BCUT2D eigenvalue weighted by Gasteiger charge is 2.31. The van der Waals surface area contributed by atoms with Gasteiger partial charge in [0.2, 0.25) is 0 Å². The van der Waals surface area contributed by atoms with E-state index in [2.05, 4.69) is 0 Å². The number of benzene rings is 1. The van der Waals surface area contributed by atoms with Gasteiger partial charge in [0, 0.05) is 18.8 Å². The van der Waals surface area contributed by atoms with Crippen molar-refractivity contribution in [2.24, 2.45) is 0 Å². The largest absolute Gasteiger partial charge is 0.395 e. The minimum absolute atomic E-state index is 0.0363. The van der Waals surface area contributed by atoms with E-state index >= 15 is 0 Å². The fraction of sp³-hybridized carbons (Fsp3) is 0.500. The predicted octanol–water partition coefficient (Wildman–Crippen LogP) is 1.05. The Morgan fingerprint density at radius 2 is 2.00 bits per heavy atom. The molecule has 1 fully saturated rings. The maximum Gasteiger partial charge on any atom is 0.177 e. The highest BCUT2D eigenvalue weighted by atomic mass is 32.2. The van der Waals surface area contributed by atoms with Gasteiger partial charge in [-0.3, -0.25) is 0 Å². The maximum atomic E-state index is 11.7. The zero-order valence-electron chi connectivity index (χ0n) is 9.83. The molecule has 0 spiro atoms. The molecule has 0 unspecified atom stereocenters. The molecule has 94 valence electrons. The van der Waals surface area contributed by atoms with Crippen LogP contribution in [0.25, 0.3) is 0 Å². The molecule has 0 radical (unpaired) electrons. The summed E-state index contributed by atoms with van der Waals surface area (Å²) in [6.45, 7) is 0.520. The lowest BCUT2D eigenvalue weighted by Crippen LogP contribution is -2.30. The molecule has 1 aliphatic carbocycles. The summed E-state index contributed by atoms with van der Waals surface area (Å²) < 4.78 is 23.4. The molecule has 4 nitrogen and oxygen atoms in total. The van der Waals surface area contributed by atoms with Gasteiger partial charge in [-0.2, -0.15) is 0 Å². The molecule has 0 heterocycles. The molecule has 1 aromatic carbocycles. The van der Waals surface area contributed by atoms with Crippen LogP contribution in [0.15, 0.2) is 29.2 Å². The molecule has 1 N–H and O–H groups in total. The van der Waals surface area contributed by atoms with E-state index in [0.717, 1.165) is 12.8 Å². The minimum atomic E-state index is -3.23. The van der Waals surface area contributed by atoms with Gasteiger partial charge in [0.15, 0.2) is 9.84 Å². The Morgan fingerprint density at radius 3 is 2.53 bits per heavy atom. The van der Waals surface area contributed by atoms with Crippen LogP contribution in [0.2, 0.25) is 0 Å². The molecule has 0 atom stereocenters. The lowest BCUT2D eigenvalue weighted by atomic mass is 10.2. The van der Waals surface area contributed by atoms with Crippen molar-refractivity contribution in [1.29, 1.82) is 0 Å². The topological polar surface area (TPSA) is 57.6 Å². The first-order chi connectivity index (χ1) is 8.04. The van der Waals surface area contributed by atoms with E-state index in [4.69, 9.17) is 5.11 Å². The van der Waals surface area contributed by atoms with Gasteiger partial charge >= 0.3 is 0 Å². The van der Waals surface area contributed by atoms with Crippen molar-refractivity contribution < 1.29 is 13.5 Å². The monoisotopic (exact) mass is 255 g/mol. The van der Waals surface area contributed by atoms with E-state index in [9.17, 15) is 8.42 Å². The third-order valence-electron chi connectivity index (χ3n) is 2.90. The van der Waals surface area contributed by atoms with Gasteiger partial charge in [-0.05, 0) is 25.0 Å². The standard InChI is InChI=1S/C12H17NO3S/c1-17(15,16)12-5-3-2-4-11(12)13(8-9-14)10-6-7-10/h2-5,10,14H,6-9H2,1H3. The summed E-state index contributed by atoms with van der Waals surface area (Å²) in [4.78, 5) is 2.34. The molecule has 2 rings (SSSR count). The molecule has 1 aliphatic rings.